The molecule has 0 N–H and O–H groups in total. The number of thiazole rings is 1. The number of hydrogen-bond donors (Lipinski definition) is 0. The highest BCUT2D eigenvalue weighted by molar-refractivity contribution is 7.19. The lowest BCUT2D eigenvalue weighted by Crippen LogP contribution is -2.31. The molecule has 0 saturated heterocycles. The van der Waals surface area contributed by atoms with Crippen molar-refractivity contribution in [2.24, 2.45) is 0 Å². The van der Waals surface area contributed by atoms with Crippen molar-refractivity contribution in [3.63, 3.8) is 0 Å². The van der Waals surface area contributed by atoms with Crippen molar-refractivity contribution in [2.75, 3.05) is 4.90 Å². The summed E-state index contributed by atoms with van der Waals surface area (Å²) in [5.74, 6) is -0.896. The first kappa shape index (κ1) is 13.8. The van der Waals surface area contributed by atoms with Crippen LogP contribution in [0.1, 0.15) is 31.3 Å². The third-order valence-electron chi connectivity index (χ3n) is 3.89. The molecule has 0 atom stereocenters. The van der Waals surface area contributed by atoms with Gasteiger partial charge in [-0.25, -0.2) is 14.3 Å². The van der Waals surface area contributed by atoms with Gasteiger partial charge in [-0.15, -0.1) is 0 Å². The highest BCUT2D eigenvalue weighted by Crippen LogP contribution is 2.34. The molecule has 7 heteroatoms. The highest BCUT2D eigenvalue weighted by atomic mass is 32.1. The summed E-state index contributed by atoms with van der Waals surface area (Å²) in [6.45, 7) is 3.46. The second-order valence-corrected chi connectivity index (χ2v) is 6.35. The van der Waals surface area contributed by atoms with E-state index < -0.39 is 11.8 Å². The Hall–Kier alpha value is -2.80. The van der Waals surface area contributed by atoms with Gasteiger partial charge in [0.05, 0.1) is 5.69 Å². The molecule has 3 aromatic rings. The first-order valence-electron chi connectivity index (χ1n) is 6.96. The van der Waals surface area contributed by atoms with E-state index >= 15 is 0 Å². The molecular weight excluding hydrogens is 314 g/mol. The zero-order valence-electron chi connectivity index (χ0n) is 12.4. The van der Waals surface area contributed by atoms with E-state index in [2.05, 4.69) is 4.98 Å². The number of anilines is 1. The summed E-state index contributed by atoms with van der Waals surface area (Å²) in [6.07, 6.45) is 1.46. The average molecular weight is 325 g/mol. The summed E-state index contributed by atoms with van der Waals surface area (Å²) in [6, 6.07) is 7.16. The van der Waals surface area contributed by atoms with Gasteiger partial charge in [0.2, 0.25) is 0 Å². The largest absolute Gasteiger partial charge is 0.284 e. The number of carbonyl (C=O) groups excluding carboxylic acids is 2. The quantitative estimate of drug-likeness (QED) is 0.643. The van der Waals surface area contributed by atoms with Crippen LogP contribution in [0.5, 0.6) is 0 Å². The fourth-order valence-electron chi connectivity index (χ4n) is 2.71. The van der Waals surface area contributed by atoms with Crippen molar-refractivity contribution in [3.8, 4) is 0 Å². The smallest absolute Gasteiger partial charge is 0.269 e. The van der Waals surface area contributed by atoms with Crippen molar-refractivity contribution in [3.05, 3.63) is 62.5 Å². The van der Waals surface area contributed by atoms with Crippen molar-refractivity contribution in [1.29, 1.82) is 0 Å². The fourth-order valence-corrected chi connectivity index (χ4v) is 3.72. The fraction of sp³-hybridized carbons (Fsp3) is 0.125. The van der Waals surface area contributed by atoms with Crippen LogP contribution in [0.25, 0.3) is 4.96 Å². The Kier molecular flexibility index (Phi) is 2.76. The molecule has 23 heavy (non-hydrogen) atoms. The topological polar surface area (TPSA) is 71.8 Å². The van der Waals surface area contributed by atoms with E-state index in [1.165, 1.54) is 10.6 Å². The van der Waals surface area contributed by atoms with Gasteiger partial charge in [0, 0.05) is 11.8 Å². The maximum Gasteiger partial charge on any atom is 0.284 e. The Morgan fingerprint density at radius 1 is 1.00 bits per heavy atom. The summed E-state index contributed by atoms with van der Waals surface area (Å²) in [7, 11) is 0. The minimum absolute atomic E-state index is 0.111. The molecule has 0 saturated carbocycles. The molecule has 0 fully saturated rings. The van der Waals surface area contributed by atoms with E-state index in [0.29, 0.717) is 16.2 Å². The second kappa shape index (κ2) is 4.60. The van der Waals surface area contributed by atoms with Crippen LogP contribution in [-0.2, 0) is 0 Å². The Bertz CT molecular complexity index is 1060. The zero-order chi connectivity index (χ0) is 16.3. The van der Waals surface area contributed by atoms with Crippen LogP contribution in [0.15, 0.2) is 35.3 Å². The van der Waals surface area contributed by atoms with Crippen LogP contribution in [-0.4, -0.2) is 21.2 Å². The predicted octanol–water partition coefficient (Wildman–Crippen LogP) is 2.17. The molecule has 2 aromatic heterocycles. The van der Waals surface area contributed by atoms with Gasteiger partial charge in [0.25, 0.3) is 17.4 Å². The standard InChI is InChI=1S/C16H11N3O3S/c1-8-5-3-4-6-10(8)18-14(21)11-12(15(18)22)23-16-17-7-9(2)13(20)19(11)16/h3-7H,1-2H3. The lowest BCUT2D eigenvalue weighted by Gasteiger charge is -2.16. The van der Waals surface area contributed by atoms with E-state index in [0.717, 1.165) is 21.8 Å². The van der Waals surface area contributed by atoms with Gasteiger partial charge < -0.3 is 0 Å². The van der Waals surface area contributed by atoms with E-state index in [1.54, 1.807) is 19.1 Å². The van der Waals surface area contributed by atoms with E-state index in [4.69, 9.17) is 0 Å². The third kappa shape index (κ3) is 1.74. The van der Waals surface area contributed by atoms with Crippen molar-refractivity contribution >= 4 is 33.8 Å². The molecule has 1 aliphatic rings. The summed E-state index contributed by atoms with van der Waals surface area (Å²) >= 11 is 1.07. The van der Waals surface area contributed by atoms with Gasteiger partial charge >= 0.3 is 0 Å². The summed E-state index contributed by atoms with van der Waals surface area (Å²) in [5, 5.41) is 0. The van der Waals surface area contributed by atoms with Crippen molar-refractivity contribution in [1.82, 2.24) is 9.38 Å². The summed E-state index contributed by atoms with van der Waals surface area (Å²) < 4.78 is 1.24. The molecule has 0 radical (unpaired) electrons. The number of amides is 2. The van der Waals surface area contributed by atoms with Gasteiger partial charge in [-0.3, -0.25) is 14.4 Å². The molecule has 1 aromatic carbocycles. The van der Waals surface area contributed by atoms with Gasteiger partial charge in [0.15, 0.2) is 4.96 Å². The number of hydrogen-bond acceptors (Lipinski definition) is 5. The maximum atomic E-state index is 12.8. The minimum atomic E-state index is -0.486. The molecule has 6 nitrogen and oxygen atoms in total. The molecule has 0 aliphatic carbocycles. The van der Waals surface area contributed by atoms with Gasteiger partial charge in [0.1, 0.15) is 10.6 Å². The van der Waals surface area contributed by atoms with Gasteiger partial charge in [-0.05, 0) is 25.5 Å². The lowest BCUT2D eigenvalue weighted by atomic mass is 10.2. The Balaban J connectivity index is 2.00. The van der Waals surface area contributed by atoms with Crippen LogP contribution in [0.3, 0.4) is 0 Å². The molecule has 0 unspecified atom stereocenters. The maximum absolute atomic E-state index is 12.8. The summed E-state index contributed by atoms with van der Waals surface area (Å²) in [4.78, 5) is 43.8. The molecule has 2 amide bonds. The Morgan fingerprint density at radius 2 is 1.74 bits per heavy atom. The number of imide groups is 1. The highest BCUT2D eigenvalue weighted by Gasteiger charge is 2.42. The zero-order valence-corrected chi connectivity index (χ0v) is 13.2. The molecular formula is C16H11N3O3S. The van der Waals surface area contributed by atoms with Crippen LogP contribution >= 0.6 is 11.3 Å². The Labute approximate surface area is 134 Å². The number of fused-ring (bicyclic) bond motifs is 3. The number of aryl methyl sites for hydroxylation is 2. The van der Waals surface area contributed by atoms with Crippen molar-refractivity contribution in [2.45, 2.75) is 13.8 Å². The van der Waals surface area contributed by atoms with E-state index in [9.17, 15) is 14.4 Å². The van der Waals surface area contributed by atoms with Crippen LogP contribution in [0.4, 0.5) is 5.69 Å². The summed E-state index contributed by atoms with van der Waals surface area (Å²) in [5.41, 5.74) is 1.57. The average Bonchev–Trinajstić information content (AvgIpc) is 3.02. The first-order valence-corrected chi connectivity index (χ1v) is 7.78. The molecule has 1 aliphatic heterocycles. The van der Waals surface area contributed by atoms with Crippen LogP contribution < -0.4 is 10.5 Å². The van der Waals surface area contributed by atoms with Gasteiger partial charge in [-0.1, -0.05) is 29.5 Å². The van der Waals surface area contributed by atoms with Crippen molar-refractivity contribution < 1.29 is 9.59 Å². The number of aromatic nitrogens is 2. The SMILES string of the molecule is Cc1ccccc1N1C(=O)c2sc3ncc(C)c(=O)n3c2C1=O. The molecule has 3 heterocycles. The number of nitrogens with zero attached hydrogens (tertiary/aromatic N) is 3. The number of carbonyl (C=O) groups is 2. The van der Waals surface area contributed by atoms with E-state index in [1.807, 2.05) is 19.1 Å². The van der Waals surface area contributed by atoms with E-state index in [-0.39, 0.29) is 16.1 Å². The molecule has 0 bridgehead atoms. The number of benzene rings is 1. The number of para-hydroxylation sites is 1. The second-order valence-electron chi connectivity index (χ2n) is 5.38. The monoisotopic (exact) mass is 325 g/mol. The normalized spacial score (nSPS) is 13.9. The van der Waals surface area contributed by atoms with Crippen LogP contribution in [0.2, 0.25) is 0 Å². The Morgan fingerprint density at radius 3 is 2.48 bits per heavy atom. The molecule has 114 valence electrons. The third-order valence-corrected chi connectivity index (χ3v) is 4.93. The first-order chi connectivity index (χ1) is 11.0. The number of rotatable bonds is 1. The van der Waals surface area contributed by atoms with Gasteiger partial charge in [-0.2, -0.15) is 0 Å². The van der Waals surface area contributed by atoms with Crippen LogP contribution in [0, 0.1) is 13.8 Å². The predicted molar refractivity (Wildman–Crippen MR) is 86.4 cm³/mol. The lowest BCUT2D eigenvalue weighted by molar-refractivity contribution is 0.0924. The minimum Gasteiger partial charge on any atom is -0.269 e. The molecule has 0 spiro atoms. The molecule has 4 rings (SSSR count).